The van der Waals surface area contributed by atoms with Crippen LogP contribution in [0.25, 0.3) is 45.8 Å². The molecular formula is C36H26S. The molecule has 0 aromatic heterocycles. The maximum absolute atomic E-state index is 2.28. The Hall–Kier alpha value is -4.33. The molecule has 0 unspecified atom stereocenters. The first kappa shape index (κ1) is 23.1. The van der Waals surface area contributed by atoms with Crippen LogP contribution in [0.1, 0.15) is 22.3 Å². The van der Waals surface area contributed by atoms with Crippen LogP contribution < -0.4 is 0 Å². The lowest BCUT2D eigenvalue weighted by Crippen LogP contribution is -1.80. The van der Waals surface area contributed by atoms with Crippen LogP contribution in [0, 0.1) is 0 Å². The lowest BCUT2D eigenvalue weighted by Gasteiger charge is -2.07. The predicted molar refractivity (Wildman–Crippen MR) is 163 cm³/mol. The van der Waals surface area contributed by atoms with Gasteiger partial charge in [0.2, 0.25) is 0 Å². The van der Waals surface area contributed by atoms with E-state index in [0.29, 0.717) is 0 Å². The molecular weight excluding hydrogens is 464 g/mol. The van der Waals surface area contributed by atoms with Crippen molar-refractivity contribution in [2.75, 3.05) is 0 Å². The van der Waals surface area contributed by atoms with Gasteiger partial charge in [-0.1, -0.05) is 133 Å². The highest BCUT2D eigenvalue weighted by molar-refractivity contribution is 7.99. The van der Waals surface area contributed by atoms with Crippen molar-refractivity contribution in [3.05, 3.63) is 156 Å². The van der Waals surface area contributed by atoms with Crippen molar-refractivity contribution < 1.29 is 0 Å². The molecule has 6 aromatic rings. The van der Waals surface area contributed by atoms with Crippen molar-refractivity contribution in [1.29, 1.82) is 0 Å². The average Bonchev–Trinajstić information content (AvgIpc) is 2.96. The molecule has 37 heavy (non-hydrogen) atoms. The minimum Gasteiger partial charge on any atom is -0.0901 e. The van der Waals surface area contributed by atoms with E-state index in [1.54, 1.807) is 0 Å². The molecule has 0 saturated heterocycles. The second kappa shape index (κ2) is 10.7. The van der Waals surface area contributed by atoms with E-state index in [1.165, 1.54) is 53.6 Å². The quantitative estimate of drug-likeness (QED) is 0.209. The monoisotopic (exact) mass is 490 g/mol. The number of fused-ring (bicyclic) bond motifs is 2. The van der Waals surface area contributed by atoms with Gasteiger partial charge in [0.1, 0.15) is 0 Å². The summed E-state index contributed by atoms with van der Waals surface area (Å²) in [6.45, 7) is 0. The predicted octanol–water partition coefficient (Wildman–Crippen LogP) is 10.5. The van der Waals surface area contributed by atoms with Crippen molar-refractivity contribution in [2.24, 2.45) is 0 Å². The van der Waals surface area contributed by atoms with E-state index in [2.05, 4.69) is 146 Å². The molecule has 0 amide bonds. The Morgan fingerprint density at radius 3 is 1.16 bits per heavy atom. The Morgan fingerprint density at radius 1 is 0.324 bits per heavy atom. The summed E-state index contributed by atoms with van der Waals surface area (Å²) in [6, 6.07) is 47.6. The van der Waals surface area contributed by atoms with Gasteiger partial charge in [-0.3, -0.25) is 0 Å². The van der Waals surface area contributed by atoms with E-state index in [0.717, 1.165) is 0 Å². The highest BCUT2D eigenvalue weighted by Crippen LogP contribution is 2.33. The van der Waals surface area contributed by atoms with Crippen LogP contribution in [0.4, 0.5) is 0 Å². The third-order valence-electron chi connectivity index (χ3n) is 6.44. The standard InChI is InChI=1S/C36H26S/c1-3-7-27(8-4-1)11-13-29-15-17-33-25-35(21-19-31(33)23-29)37-36-22-20-32-24-30(16-18-34(32)26-36)14-12-28-9-5-2-6-10-28/h1-26H/b13-11+,14-12+. The van der Waals surface area contributed by atoms with Crippen LogP contribution >= 0.6 is 11.8 Å². The Bertz CT molecular complexity index is 1600. The van der Waals surface area contributed by atoms with Gasteiger partial charge >= 0.3 is 0 Å². The summed E-state index contributed by atoms with van der Waals surface area (Å²) in [5.74, 6) is 0. The molecule has 6 aromatic carbocycles. The molecule has 0 saturated carbocycles. The molecule has 0 fully saturated rings. The Balaban J connectivity index is 1.18. The number of hydrogen-bond donors (Lipinski definition) is 0. The van der Waals surface area contributed by atoms with Crippen LogP contribution in [0.15, 0.2) is 143 Å². The topological polar surface area (TPSA) is 0 Å². The number of hydrogen-bond acceptors (Lipinski definition) is 1. The molecule has 0 radical (unpaired) electrons. The Morgan fingerprint density at radius 2 is 0.703 bits per heavy atom. The van der Waals surface area contributed by atoms with Gasteiger partial charge in [0.15, 0.2) is 0 Å². The van der Waals surface area contributed by atoms with Crippen LogP contribution in [0.2, 0.25) is 0 Å². The minimum absolute atomic E-state index is 1.21. The number of benzene rings is 6. The lowest BCUT2D eigenvalue weighted by molar-refractivity contribution is 1.44. The van der Waals surface area contributed by atoms with Gasteiger partial charge in [0.25, 0.3) is 0 Å². The highest BCUT2D eigenvalue weighted by Gasteiger charge is 2.03. The van der Waals surface area contributed by atoms with E-state index < -0.39 is 0 Å². The van der Waals surface area contributed by atoms with Crippen molar-refractivity contribution in [2.45, 2.75) is 9.79 Å². The molecule has 0 bridgehead atoms. The van der Waals surface area contributed by atoms with Crippen molar-refractivity contribution in [3.63, 3.8) is 0 Å². The van der Waals surface area contributed by atoms with Crippen LogP contribution in [0.5, 0.6) is 0 Å². The van der Waals surface area contributed by atoms with Gasteiger partial charge in [-0.25, -0.2) is 0 Å². The van der Waals surface area contributed by atoms with Crippen molar-refractivity contribution >= 4 is 57.6 Å². The fourth-order valence-corrected chi connectivity index (χ4v) is 5.38. The Kier molecular flexibility index (Phi) is 6.70. The second-order valence-electron chi connectivity index (χ2n) is 9.13. The first-order valence-electron chi connectivity index (χ1n) is 12.5. The van der Waals surface area contributed by atoms with Gasteiger partial charge in [-0.2, -0.15) is 0 Å². The summed E-state index contributed by atoms with van der Waals surface area (Å²) in [6.07, 6.45) is 8.67. The molecule has 176 valence electrons. The number of rotatable bonds is 6. The maximum Gasteiger partial charge on any atom is 0.0128 e. The molecule has 0 aliphatic rings. The van der Waals surface area contributed by atoms with Gasteiger partial charge in [-0.05, 0) is 80.2 Å². The minimum atomic E-state index is 1.21. The Labute approximate surface area is 222 Å². The lowest BCUT2D eigenvalue weighted by atomic mass is 10.1. The molecule has 0 spiro atoms. The third kappa shape index (κ3) is 5.74. The summed E-state index contributed by atoms with van der Waals surface area (Å²) < 4.78 is 0. The molecule has 1 heteroatoms. The van der Waals surface area contributed by atoms with E-state index in [1.807, 2.05) is 23.9 Å². The van der Waals surface area contributed by atoms with Gasteiger partial charge in [-0.15, -0.1) is 0 Å². The summed E-state index contributed by atoms with van der Waals surface area (Å²) in [5.41, 5.74) is 4.85. The molecule has 0 nitrogen and oxygen atoms in total. The molecule has 6 rings (SSSR count). The van der Waals surface area contributed by atoms with E-state index in [4.69, 9.17) is 0 Å². The van der Waals surface area contributed by atoms with E-state index in [-0.39, 0.29) is 0 Å². The van der Waals surface area contributed by atoms with Crippen LogP contribution in [-0.4, -0.2) is 0 Å². The second-order valence-corrected chi connectivity index (χ2v) is 10.3. The van der Waals surface area contributed by atoms with Gasteiger partial charge < -0.3 is 0 Å². The summed E-state index contributed by atoms with van der Waals surface area (Å²) >= 11 is 1.81. The molecule has 0 heterocycles. The zero-order valence-electron chi connectivity index (χ0n) is 20.4. The SMILES string of the molecule is C(=C\c1ccc2cc(Sc3ccc4cc(/C=C/c5ccccc5)ccc4c3)ccc2c1)/c1ccccc1. The zero-order chi connectivity index (χ0) is 24.9. The zero-order valence-corrected chi connectivity index (χ0v) is 21.2. The first-order chi connectivity index (χ1) is 18.3. The normalized spacial score (nSPS) is 11.7. The van der Waals surface area contributed by atoms with Crippen LogP contribution in [0.3, 0.4) is 0 Å². The van der Waals surface area contributed by atoms with Crippen molar-refractivity contribution in [3.8, 4) is 0 Å². The van der Waals surface area contributed by atoms with Gasteiger partial charge in [0.05, 0.1) is 0 Å². The molecule has 0 N–H and O–H groups in total. The fraction of sp³-hybridized carbons (Fsp3) is 0. The first-order valence-corrected chi connectivity index (χ1v) is 13.3. The molecule has 0 aliphatic heterocycles. The maximum atomic E-state index is 2.28. The van der Waals surface area contributed by atoms with Crippen molar-refractivity contribution in [1.82, 2.24) is 0 Å². The molecule has 0 aliphatic carbocycles. The summed E-state index contributed by atoms with van der Waals surface area (Å²) in [7, 11) is 0. The van der Waals surface area contributed by atoms with Crippen LogP contribution in [-0.2, 0) is 0 Å². The highest BCUT2D eigenvalue weighted by atomic mass is 32.2. The average molecular weight is 491 g/mol. The largest absolute Gasteiger partial charge is 0.0901 e. The van der Waals surface area contributed by atoms with E-state index in [9.17, 15) is 0 Å². The van der Waals surface area contributed by atoms with E-state index >= 15 is 0 Å². The fourth-order valence-electron chi connectivity index (χ4n) is 4.47. The third-order valence-corrected chi connectivity index (χ3v) is 7.42. The summed E-state index contributed by atoms with van der Waals surface area (Å²) in [5, 5.41) is 5.04. The smallest absolute Gasteiger partial charge is 0.0128 e. The van der Waals surface area contributed by atoms with Gasteiger partial charge in [0, 0.05) is 9.79 Å². The molecule has 0 atom stereocenters. The summed E-state index contributed by atoms with van der Waals surface area (Å²) in [4.78, 5) is 2.50.